The van der Waals surface area contributed by atoms with Crippen molar-refractivity contribution in [2.75, 3.05) is 26.2 Å². The van der Waals surface area contributed by atoms with Gasteiger partial charge in [-0.15, -0.1) is 0 Å². The smallest absolute Gasteiger partial charge is 0.253 e. The molecular formula is C18H26N2O2. The molecule has 0 N–H and O–H groups in total. The number of carbonyl (C=O) groups is 2. The van der Waals surface area contributed by atoms with Crippen LogP contribution in [0.2, 0.25) is 0 Å². The van der Waals surface area contributed by atoms with Crippen LogP contribution in [0.4, 0.5) is 0 Å². The zero-order chi connectivity index (χ0) is 16.1. The van der Waals surface area contributed by atoms with E-state index in [0.717, 1.165) is 12.0 Å². The molecule has 2 rings (SSSR count). The van der Waals surface area contributed by atoms with Crippen molar-refractivity contribution in [1.82, 2.24) is 9.80 Å². The molecule has 0 atom stereocenters. The molecule has 1 aromatic carbocycles. The van der Waals surface area contributed by atoms with Crippen LogP contribution in [0.25, 0.3) is 0 Å². The average molecular weight is 302 g/mol. The van der Waals surface area contributed by atoms with Crippen molar-refractivity contribution >= 4 is 11.8 Å². The Kier molecular flexibility index (Phi) is 5.58. The van der Waals surface area contributed by atoms with Gasteiger partial charge in [0.15, 0.2) is 0 Å². The molecule has 0 radical (unpaired) electrons. The highest BCUT2D eigenvalue weighted by atomic mass is 16.2. The largest absolute Gasteiger partial charge is 0.339 e. The lowest BCUT2D eigenvalue weighted by Gasteiger charge is -2.34. The van der Waals surface area contributed by atoms with Crippen molar-refractivity contribution in [3.05, 3.63) is 35.4 Å². The van der Waals surface area contributed by atoms with E-state index in [9.17, 15) is 9.59 Å². The van der Waals surface area contributed by atoms with E-state index in [2.05, 4.69) is 13.8 Å². The van der Waals surface area contributed by atoms with Gasteiger partial charge in [-0.05, 0) is 30.0 Å². The minimum absolute atomic E-state index is 0.0692. The summed E-state index contributed by atoms with van der Waals surface area (Å²) < 4.78 is 0. The SMILES string of the molecule is CCC(=O)N1CCN(C(=O)c2ccc(CC(C)C)cc2)CC1. The third-order valence-corrected chi connectivity index (χ3v) is 4.07. The normalized spacial score (nSPS) is 15.3. The van der Waals surface area contributed by atoms with Crippen LogP contribution in [0.3, 0.4) is 0 Å². The fourth-order valence-electron chi connectivity index (χ4n) is 2.82. The van der Waals surface area contributed by atoms with E-state index >= 15 is 0 Å². The Morgan fingerprint density at radius 1 is 1.00 bits per heavy atom. The van der Waals surface area contributed by atoms with Crippen molar-refractivity contribution in [2.45, 2.75) is 33.6 Å². The number of amides is 2. The molecule has 0 bridgehead atoms. The second kappa shape index (κ2) is 7.43. The van der Waals surface area contributed by atoms with Crippen LogP contribution in [0.1, 0.15) is 43.1 Å². The first-order chi connectivity index (χ1) is 10.5. The van der Waals surface area contributed by atoms with Crippen molar-refractivity contribution in [1.29, 1.82) is 0 Å². The van der Waals surface area contributed by atoms with Crippen LogP contribution in [0.15, 0.2) is 24.3 Å². The lowest BCUT2D eigenvalue weighted by atomic mass is 10.0. The molecule has 0 aromatic heterocycles. The Bertz CT molecular complexity index is 514. The summed E-state index contributed by atoms with van der Waals surface area (Å²) in [6.07, 6.45) is 1.57. The number of carbonyl (C=O) groups excluding carboxylic acids is 2. The van der Waals surface area contributed by atoms with Gasteiger partial charge in [0.05, 0.1) is 0 Å². The van der Waals surface area contributed by atoms with Crippen molar-refractivity contribution in [3.63, 3.8) is 0 Å². The zero-order valence-electron chi connectivity index (χ0n) is 13.8. The Labute approximate surface area is 133 Å². The van der Waals surface area contributed by atoms with Crippen LogP contribution in [0.5, 0.6) is 0 Å². The van der Waals surface area contributed by atoms with Crippen molar-refractivity contribution in [2.24, 2.45) is 5.92 Å². The topological polar surface area (TPSA) is 40.6 Å². The summed E-state index contributed by atoms with van der Waals surface area (Å²) in [6.45, 7) is 8.79. The molecule has 0 unspecified atom stereocenters. The minimum atomic E-state index is 0.0692. The second-order valence-electron chi connectivity index (χ2n) is 6.32. The molecule has 1 aromatic rings. The van der Waals surface area contributed by atoms with Crippen molar-refractivity contribution in [3.8, 4) is 0 Å². The maximum Gasteiger partial charge on any atom is 0.253 e. The van der Waals surface area contributed by atoms with E-state index in [1.165, 1.54) is 5.56 Å². The van der Waals surface area contributed by atoms with E-state index in [1.54, 1.807) is 0 Å². The summed E-state index contributed by atoms with van der Waals surface area (Å²) in [7, 11) is 0. The van der Waals surface area contributed by atoms with Crippen LogP contribution in [-0.2, 0) is 11.2 Å². The van der Waals surface area contributed by atoms with E-state index in [1.807, 2.05) is 41.0 Å². The zero-order valence-corrected chi connectivity index (χ0v) is 13.8. The van der Waals surface area contributed by atoms with Gasteiger partial charge in [0.1, 0.15) is 0 Å². The molecule has 22 heavy (non-hydrogen) atoms. The summed E-state index contributed by atoms with van der Waals surface area (Å²) in [6, 6.07) is 7.93. The molecule has 120 valence electrons. The van der Waals surface area contributed by atoms with Gasteiger partial charge in [-0.2, -0.15) is 0 Å². The van der Waals surface area contributed by atoms with Crippen LogP contribution in [0, 0.1) is 5.92 Å². The molecule has 4 nitrogen and oxygen atoms in total. The number of benzene rings is 1. The van der Waals surface area contributed by atoms with Gasteiger partial charge < -0.3 is 9.80 Å². The van der Waals surface area contributed by atoms with Gasteiger partial charge in [0.25, 0.3) is 5.91 Å². The average Bonchev–Trinajstić information content (AvgIpc) is 2.54. The van der Waals surface area contributed by atoms with E-state index in [-0.39, 0.29) is 11.8 Å². The molecule has 1 saturated heterocycles. The molecule has 1 aliphatic rings. The Morgan fingerprint density at radius 3 is 2.05 bits per heavy atom. The molecule has 0 saturated carbocycles. The highest BCUT2D eigenvalue weighted by molar-refractivity contribution is 5.94. The lowest BCUT2D eigenvalue weighted by molar-refractivity contribution is -0.132. The summed E-state index contributed by atoms with van der Waals surface area (Å²) in [5, 5.41) is 0. The first-order valence-corrected chi connectivity index (χ1v) is 8.17. The quantitative estimate of drug-likeness (QED) is 0.857. The molecule has 1 fully saturated rings. The number of hydrogen-bond donors (Lipinski definition) is 0. The van der Waals surface area contributed by atoms with Gasteiger partial charge in [0, 0.05) is 38.2 Å². The third-order valence-electron chi connectivity index (χ3n) is 4.07. The Morgan fingerprint density at radius 2 is 1.55 bits per heavy atom. The molecule has 4 heteroatoms. The fraction of sp³-hybridized carbons (Fsp3) is 0.556. The summed E-state index contributed by atoms with van der Waals surface area (Å²) in [4.78, 5) is 27.9. The Hall–Kier alpha value is -1.84. The number of piperazine rings is 1. The standard InChI is InChI=1S/C18H26N2O2/c1-4-17(21)19-9-11-20(12-10-19)18(22)16-7-5-15(6-8-16)13-14(2)3/h5-8,14H,4,9-13H2,1-3H3. The van der Waals surface area contributed by atoms with E-state index in [0.29, 0.717) is 38.5 Å². The first-order valence-electron chi connectivity index (χ1n) is 8.17. The minimum Gasteiger partial charge on any atom is -0.339 e. The molecule has 2 amide bonds. The summed E-state index contributed by atoms with van der Waals surface area (Å²) >= 11 is 0. The maximum atomic E-state index is 12.5. The highest BCUT2D eigenvalue weighted by Crippen LogP contribution is 2.13. The van der Waals surface area contributed by atoms with Gasteiger partial charge >= 0.3 is 0 Å². The van der Waals surface area contributed by atoms with Crippen LogP contribution in [-0.4, -0.2) is 47.8 Å². The molecule has 0 spiro atoms. The maximum absolute atomic E-state index is 12.5. The molecule has 1 aliphatic heterocycles. The second-order valence-corrected chi connectivity index (χ2v) is 6.32. The lowest BCUT2D eigenvalue weighted by Crippen LogP contribution is -2.50. The monoisotopic (exact) mass is 302 g/mol. The van der Waals surface area contributed by atoms with Gasteiger partial charge in [0.2, 0.25) is 5.91 Å². The number of nitrogens with zero attached hydrogens (tertiary/aromatic N) is 2. The summed E-state index contributed by atoms with van der Waals surface area (Å²) in [5.74, 6) is 0.857. The molecule has 1 heterocycles. The predicted octanol–water partition coefficient (Wildman–Crippen LogP) is 2.58. The predicted molar refractivity (Wildman–Crippen MR) is 87.8 cm³/mol. The molecular weight excluding hydrogens is 276 g/mol. The van der Waals surface area contributed by atoms with Crippen LogP contribution < -0.4 is 0 Å². The van der Waals surface area contributed by atoms with E-state index in [4.69, 9.17) is 0 Å². The fourth-order valence-corrected chi connectivity index (χ4v) is 2.82. The number of rotatable bonds is 4. The van der Waals surface area contributed by atoms with Crippen molar-refractivity contribution < 1.29 is 9.59 Å². The summed E-state index contributed by atoms with van der Waals surface area (Å²) in [5.41, 5.74) is 2.01. The third kappa shape index (κ3) is 4.09. The van der Waals surface area contributed by atoms with Crippen LogP contribution >= 0.6 is 0 Å². The number of hydrogen-bond acceptors (Lipinski definition) is 2. The highest BCUT2D eigenvalue weighted by Gasteiger charge is 2.23. The van der Waals surface area contributed by atoms with E-state index < -0.39 is 0 Å². The van der Waals surface area contributed by atoms with Gasteiger partial charge in [-0.25, -0.2) is 0 Å². The van der Waals surface area contributed by atoms with Gasteiger partial charge in [-0.3, -0.25) is 9.59 Å². The molecule has 0 aliphatic carbocycles. The van der Waals surface area contributed by atoms with Gasteiger partial charge in [-0.1, -0.05) is 32.9 Å². The first kappa shape index (κ1) is 16.5. The Balaban J connectivity index is 1.93.